The van der Waals surface area contributed by atoms with Crippen molar-refractivity contribution in [3.8, 4) is 56.4 Å². The molecule has 1 aromatic heterocycles. The van der Waals surface area contributed by atoms with Gasteiger partial charge in [0.25, 0.3) is 0 Å². The Labute approximate surface area is 256 Å². The Balaban J connectivity index is 1.25. The van der Waals surface area contributed by atoms with Crippen LogP contribution in [0.5, 0.6) is 0 Å². The van der Waals surface area contributed by atoms with Crippen LogP contribution in [0.4, 0.5) is 0 Å². The number of aromatic nitrogens is 3. The largest absolute Gasteiger partial charge is 0.208 e. The minimum absolute atomic E-state index is 0.649. The van der Waals surface area contributed by atoms with Gasteiger partial charge >= 0.3 is 0 Å². The number of hydrogen-bond acceptors (Lipinski definition) is 3. The summed E-state index contributed by atoms with van der Waals surface area (Å²) in [6.07, 6.45) is 0. The lowest BCUT2D eigenvalue weighted by Crippen LogP contribution is -2.00. The van der Waals surface area contributed by atoms with Crippen LogP contribution in [0.25, 0.3) is 78.0 Å². The summed E-state index contributed by atoms with van der Waals surface area (Å²) in [7, 11) is 0. The number of rotatable bonds is 5. The second kappa shape index (κ2) is 11.0. The van der Waals surface area contributed by atoms with Crippen molar-refractivity contribution in [2.24, 2.45) is 0 Å². The third kappa shape index (κ3) is 4.91. The van der Waals surface area contributed by atoms with Gasteiger partial charge in [-0.1, -0.05) is 146 Å². The zero-order chi connectivity index (χ0) is 29.3. The third-order valence-corrected chi connectivity index (χ3v) is 8.09. The number of benzene rings is 7. The molecule has 0 unspecified atom stereocenters. The van der Waals surface area contributed by atoms with Gasteiger partial charge in [-0.05, 0) is 62.0 Å². The monoisotopic (exact) mass is 561 g/mol. The summed E-state index contributed by atoms with van der Waals surface area (Å²) in [5.74, 6) is 1.95. The first-order valence-electron chi connectivity index (χ1n) is 14.8. The van der Waals surface area contributed by atoms with Gasteiger partial charge < -0.3 is 0 Å². The molecule has 8 aromatic rings. The molecule has 0 atom stereocenters. The van der Waals surface area contributed by atoms with E-state index in [0.29, 0.717) is 17.5 Å². The molecule has 0 N–H and O–H groups in total. The molecule has 206 valence electrons. The predicted octanol–water partition coefficient (Wildman–Crippen LogP) is 10.5. The van der Waals surface area contributed by atoms with Gasteiger partial charge in [-0.2, -0.15) is 0 Å². The minimum Gasteiger partial charge on any atom is -0.208 e. The standard InChI is InChI=1S/C41H27N3/c1-3-11-28(12-4-1)31-21-22-33-26-36(24-23-32(33)25-31)41-43-39(30-14-5-2-6-15-30)42-40(44-41)35-18-9-17-34(27-35)38-20-10-16-29-13-7-8-19-37(29)38/h1-27H. The van der Waals surface area contributed by atoms with Gasteiger partial charge in [0.2, 0.25) is 0 Å². The Hall–Kier alpha value is -5.93. The maximum Gasteiger partial charge on any atom is 0.164 e. The van der Waals surface area contributed by atoms with Crippen molar-refractivity contribution in [3.63, 3.8) is 0 Å². The van der Waals surface area contributed by atoms with Crippen LogP contribution in [0.2, 0.25) is 0 Å². The van der Waals surface area contributed by atoms with Crippen LogP contribution < -0.4 is 0 Å². The summed E-state index contributed by atoms with van der Waals surface area (Å²) in [6, 6.07) is 57.0. The molecule has 3 heteroatoms. The van der Waals surface area contributed by atoms with Crippen molar-refractivity contribution >= 4 is 21.5 Å². The Morgan fingerprint density at radius 1 is 0.273 bits per heavy atom. The van der Waals surface area contributed by atoms with Crippen molar-refractivity contribution in [2.45, 2.75) is 0 Å². The summed E-state index contributed by atoms with van der Waals surface area (Å²) in [4.78, 5) is 15.0. The molecule has 0 spiro atoms. The van der Waals surface area contributed by atoms with E-state index in [0.717, 1.165) is 27.6 Å². The van der Waals surface area contributed by atoms with E-state index in [1.54, 1.807) is 0 Å². The van der Waals surface area contributed by atoms with Crippen molar-refractivity contribution in [1.82, 2.24) is 15.0 Å². The summed E-state index contributed by atoms with van der Waals surface area (Å²) in [5, 5.41) is 4.76. The number of hydrogen-bond donors (Lipinski definition) is 0. The minimum atomic E-state index is 0.649. The van der Waals surface area contributed by atoms with Crippen LogP contribution in [0.3, 0.4) is 0 Å². The SMILES string of the molecule is c1ccc(-c2ccc3cc(-c4nc(-c5ccccc5)nc(-c5cccc(-c6cccc7ccccc67)c5)n4)ccc3c2)cc1. The number of nitrogens with zero attached hydrogens (tertiary/aromatic N) is 3. The fourth-order valence-electron chi connectivity index (χ4n) is 5.85. The predicted molar refractivity (Wildman–Crippen MR) is 182 cm³/mol. The van der Waals surface area contributed by atoms with E-state index >= 15 is 0 Å². The molecule has 0 fully saturated rings. The zero-order valence-electron chi connectivity index (χ0n) is 23.9. The first kappa shape index (κ1) is 25.8. The first-order valence-corrected chi connectivity index (χ1v) is 14.8. The Morgan fingerprint density at radius 2 is 0.773 bits per heavy atom. The highest BCUT2D eigenvalue weighted by molar-refractivity contribution is 5.97. The van der Waals surface area contributed by atoms with Gasteiger partial charge in [-0.25, -0.2) is 15.0 Å². The molecule has 0 bridgehead atoms. The molecule has 44 heavy (non-hydrogen) atoms. The maximum absolute atomic E-state index is 5.05. The van der Waals surface area contributed by atoms with E-state index in [2.05, 4.69) is 127 Å². The molecule has 0 aliphatic heterocycles. The van der Waals surface area contributed by atoms with E-state index in [9.17, 15) is 0 Å². The van der Waals surface area contributed by atoms with Gasteiger partial charge in [-0.3, -0.25) is 0 Å². The van der Waals surface area contributed by atoms with Gasteiger partial charge in [0, 0.05) is 16.7 Å². The molecule has 0 aliphatic rings. The average Bonchev–Trinajstić information content (AvgIpc) is 3.11. The fraction of sp³-hybridized carbons (Fsp3) is 0. The smallest absolute Gasteiger partial charge is 0.164 e. The van der Waals surface area contributed by atoms with Gasteiger partial charge in [0.1, 0.15) is 0 Å². The van der Waals surface area contributed by atoms with Crippen LogP contribution in [-0.2, 0) is 0 Å². The van der Waals surface area contributed by atoms with E-state index in [1.807, 2.05) is 36.4 Å². The van der Waals surface area contributed by atoms with Gasteiger partial charge in [0.05, 0.1) is 0 Å². The molecule has 0 radical (unpaired) electrons. The zero-order valence-corrected chi connectivity index (χ0v) is 23.9. The maximum atomic E-state index is 5.05. The molecule has 7 aromatic carbocycles. The highest BCUT2D eigenvalue weighted by atomic mass is 15.0. The molecule has 0 saturated carbocycles. The highest BCUT2D eigenvalue weighted by Crippen LogP contribution is 2.33. The lowest BCUT2D eigenvalue weighted by molar-refractivity contribution is 1.07. The first-order chi connectivity index (χ1) is 21.8. The molecule has 0 saturated heterocycles. The second-order valence-electron chi connectivity index (χ2n) is 10.9. The van der Waals surface area contributed by atoms with Crippen LogP contribution in [0.1, 0.15) is 0 Å². The molecule has 0 amide bonds. The van der Waals surface area contributed by atoms with Crippen molar-refractivity contribution in [1.29, 1.82) is 0 Å². The summed E-state index contributed by atoms with van der Waals surface area (Å²) >= 11 is 0. The summed E-state index contributed by atoms with van der Waals surface area (Å²) in [6.45, 7) is 0. The van der Waals surface area contributed by atoms with Crippen LogP contribution in [0, 0.1) is 0 Å². The Kier molecular flexibility index (Phi) is 6.47. The normalized spacial score (nSPS) is 11.2. The summed E-state index contributed by atoms with van der Waals surface area (Å²) < 4.78 is 0. The van der Waals surface area contributed by atoms with E-state index in [1.165, 1.54) is 32.8 Å². The molecule has 1 heterocycles. The topological polar surface area (TPSA) is 38.7 Å². The molecule has 3 nitrogen and oxygen atoms in total. The summed E-state index contributed by atoms with van der Waals surface area (Å²) in [5.41, 5.74) is 7.58. The average molecular weight is 562 g/mol. The Bertz CT molecular complexity index is 2270. The molecular formula is C41H27N3. The lowest BCUT2D eigenvalue weighted by Gasteiger charge is -2.11. The van der Waals surface area contributed by atoms with Crippen molar-refractivity contribution < 1.29 is 0 Å². The van der Waals surface area contributed by atoms with Crippen LogP contribution in [-0.4, -0.2) is 15.0 Å². The molecular weight excluding hydrogens is 534 g/mol. The van der Waals surface area contributed by atoms with Crippen molar-refractivity contribution in [2.75, 3.05) is 0 Å². The lowest BCUT2D eigenvalue weighted by atomic mass is 9.97. The van der Waals surface area contributed by atoms with E-state index < -0.39 is 0 Å². The highest BCUT2D eigenvalue weighted by Gasteiger charge is 2.14. The van der Waals surface area contributed by atoms with Gasteiger partial charge in [-0.15, -0.1) is 0 Å². The fourth-order valence-corrected chi connectivity index (χ4v) is 5.85. The quantitative estimate of drug-likeness (QED) is 0.210. The second-order valence-corrected chi connectivity index (χ2v) is 10.9. The van der Waals surface area contributed by atoms with E-state index in [4.69, 9.17) is 15.0 Å². The third-order valence-electron chi connectivity index (χ3n) is 8.09. The van der Waals surface area contributed by atoms with Crippen LogP contribution in [0.15, 0.2) is 164 Å². The van der Waals surface area contributed by atoms with Crippen molar-refractivity contribution in [3.05, 3.63) is 164 Å². The van der Waals surface area contributed by atoms with E-state index in [-0.39, 0.29) is 0 Å². The number of fused-ring (bicyclic) bond motifs is 2. The Morgan fingerprint density at radius 3 is 1.52 bits per heavy atom. The molecule has 8 rings (SSSR count). The molecule has 0 aliphatic carbocycles. The van der Waals surface area contributed by atoms with Gasteiger partial charge in [0.15, 0.2) is 17.5 Å². The van der Waals surface area contributed by atoms with Crippen LogP contribution >= 0.6 is 0 Å².